The number of esters is 1. The normalized spacial score (nSPS) is 10.2. The van der Waals surface area contributed by atoms with Crippen molar-refractivity contribution in [2.24, 2.45) is 0 Å². The summed E-state index contributed by atoms with van der Waals surface area (Å²) in [4.78, 5) is 32.5. The molecule has 0 unspecified atom stereocenters. The van der Waals surface area contributed by atoms with Crippen molar-refractivity contribution in [2.45, 2.75) is 6.54 Å². The molecule has 3 rings (SSSR count). The van der Waals surface area contributed by atoms with Gasteiger partial charge in [-0.3, -0.25) is 4.79 Å². The Kier molecular flexibility index (Phi) is 6.18. The third kappa shape index (κ3) is 4.63. The Morgan fingerprint density at radius 3 is 2.50 bits per heavy atom. The summed E-state index contributed by atoms with van der Waals surface area (Å²) in [7, 11) is 1.28. The summed E-state index contributed by atoms with van der Waals surface area (Å²) in [5, 5.41) is 6.40. The summed E-state index contributed by atoms with van der Waals surface area (Å²) >= 11 is 6.12. The van der Waals surface area contributed by atoms with E-state index in [2.05, 4.69) is 20.6 Å². The predicted molar refractivity (Wildman–Crippen MR) is 107 cm³/mol. The summed E-state index contributed by atoms with van der Waals surface area (Å²) in [5.74, 6) is -0.519. The molecule has 0 aliphatic carbocycles. The van der Waals surface area contributed by atoms with Crippen molar-refractivity contribution < 1.29 is 14.3 Å². The van der Waals surface area contributed by atoms with Gasteiger partial charge in [0.15, 0.2) is 0 Å². The number of para-hydroxylation sites is 1. The Labute approximate surface area is 166 Å². The summed E-state index contributed by atoms with van der Waals surface area (Å²) in [5.41, 5.74) is 1.63. The highest BCUT2D eigenvalue weighted by molar-refractivity contribution is 6.31. The molecule has 8 heteroatoms. The van der Waals surface area contributed by atoms with Gasteiger partial charge >= 0.3 is 5.97 Å². The number of benzene rings is 2. The highest BCUT2D eigenvalue weighted by Crippen LogP contribution is 2.18. The Hall–Kier alpha value is -3.45. The van der Waals surface area contributed by atoms with Crippen LogP contribution >= 0.6 is 11.6 Å². The lowest BCUT2D eigenvalue weighted by Crippen LogP contribution is -2.17. The highest BCUT2D eigenvalue weighted by atomic mass is 35.5. The van der Waals surface area contributed by atoms with E-state index < -0.39 is 11.9 Å². The molecule has 28 heavy (non-hydrogen) atoms. The second kappa shape index (κ2) is 8.96. The van der Waals surface area contributed by atoms with Gasteiger partial charge in [-0.15, -0.1) is 0 Å². The monoisotopic (exact) mass is 396 g/mol. The van der Waals surface area contributed by atoms with Gasteiger partial charge in [0, 0.05) is 11.6 Å². The van der Waals surface area contributed by atoms with E-state index in [9.17, 15) is 9.59 Å². The third-order valence-electron chi connectivity index (χ3n) is 3.88. The molecule has 0 aliphatic heterocycles. The smallest absolute Gasteiger partial charge is 0.339 e. The van der Waals surface area contributed by atoms with E-state index in [0.717, 1.165) is 5.56 Å². The Bertz CT molecular complexity index is 993. The topological polar surface area (TPSA) is 93.2 Å². The molecule has 1 amide bonds. The van der Waals surface area contributed by atoms with Crippen LogP contribution in [0.5, 0.6) is 0 Å². The largest absolute Gasteiger partial charge is 0.465 e. The van der Waals surface area contributed by atoms with Crippen molar-refractivity contribution in [1.29, 1.82) is 0 Å². The molecule has 0 bridgehead atoms. The average Bonchev–Trinajstić information content (AvgIpc) is 2.73. The first kappa shape index (κ1) is 19.3. The van der Waals surface area contributed by atoms with Crippen molar-refractivity contribution in [3.8, 4) is 0 Å². The fraction of sp³-hybridized carbons (Fsp3) is 0.100. The maximum Gasteiger partial charge on any atom is 0.339 e. The number of rotatable bonds is 6. The van der Waals surface area contributed by atoms with Crippen LogP contribution in [-0.4, -0.2) is 29.0 Å². The van der Waals surface area contributed by atoms with Crippen LogP contribution in [0.1, 0.15) is 26.4 Å². The number of halogens is 1. The number of hydrogen-bond donors (Lipinski definition) is 2. The number of amides is 1. The van der Waals surface area contributed by atoms with Gasteiger partial charge in [-0.25, -0.2) is 14.8 Å². The van der Waals surface area contributed by atoms with Crippen molar-refractivity contribution in [3.05, 3.63) is 82.8 Å². The number of aromatic nitrogens is 2. The first-order chi connectivity index (χ1) is 13.6. The summed E-state index contributed by atoms with van der Waals surface area (Å²) in [6.07, 6.45) is 2.81. The minimum absolute atomic E-state index is 0.114. The van der Waals surface area contributed by atoms with Gasteiger partial charge in [0.2, 0.25) is 0 Å². The van der Waals surface area contributed by atoms with E-state index in [1.807, 2.05) is 24.3 Å². The van der Waals surface area contributed by atoms with E-state index in [4.69, 9.17) is 16.3 Å². The molecule has 0 saturated carbocycles. The molecule has 0 saturated heterocycles. The van der Waals surface area contributed by atoms with Crippen LogP contribution in [0.4, 0.5) is 11.5 Å². The van der Waals surface area contributed by atoms with Gasteiger partial charge in [0.1, 0.15) is 11.5 Å². The van der Waals surface area contributed by atoms with Gasteiger partial charge in [0.05, 0.1) is 30.8 Å². The fourth-order valence-corrected chi connectivity index (χ4v) is 2.63. The molecule has 142 valence electrons. The number of ether oxygens (including phenoxy) is 1. The standard InChI is InChI=1S/C20H17ClN4O3/c1-28-20(27)14-7-3-5-9-16(14)25-19(26)17-11-24-18(12-22-17)23-10-13-6-2-4-8-15(13)21/h2-9,11-12H,10H2,1H3,(H,23,24)(H,25,26). The van der Waals surface area contributed by atoms with E-state index >= 15 is 0 Å². The number of hydrogen-bond acceptors (Lipinski definition) is 6. The van der Waals surface area contributed by atoms with Gasteiger partial charge in [-0.2, -0.15) is 0 Å². The molecule has 0 aliphatic rings. The van der Waals surface area contributed by atoms with Crippen LogP contribution in [-0.2, 0) is 11.3 Å². The molecule has 1 aromatic heterocycles. The SMILES string of the molecule is COC(=O)c1ccccc1NC(=O)c1cnc(NCc2ccccc2Cl)cn1. The Balaban J connectivity index is 1.66. The molecule has 1 heterocycles. The molecule has 3 aromatic rings. The maximum absolute atomic E-state index is 12.4. The molecule has 0 radical (unpaired) electrons. The number of nitrogens with one attached hydrogen (secondary N) is 2. The van der Waals surface area contributed by atoms with Crippen LogP contribution in [0.2, 0.25) is 5.02 Å². The molecule has 7 nitrogen and oxygen atoms in total. The van der Waals surface area contributed by atoms with E-state index in [1.165, 1.54) is 19.5 Å². The van der Waals surface area contributed by atoms with E-state index in [0.29, 0.717) is 23.1 Å². The molecule has 2 N–H and O–H groups in total. The van der Waals surface area contributed by atoms with Gasteiger partial charge in [-0.1, -0.05) is 41.9 Å². The molecule has 2 aromatic carbocycles. The Morgan fingerprint density at radius 1 is 1.04 bits per heavy atom. The lowest BCUT2D eigenvalue weighted by atomic mass is 10.1. The van der Waals surface area contributed by atoms with Gasteiger partial charge in [-0.05, 0) is 23.8 Å². The summed E-state index contributed by atoms with van der Waals surface area (Å²) < 4.78 is 4.72. The van der Waals surface area contributed by atoms with Crippen LogP contribution in [0.3, 0.4) is 0 Å². The van der Waals surface area contributed by atoms with Crippen molar-refractivity contribution in [3.63, 3.8) is 0 Å². The molecule has 0 fully saturated rings. The predicted octanol–water partition coefficient (Wildman–Crippen LogP) is 3.78. The van der Waals surface area contributed by atoms with Crippen LogP contribution in [0.25, 0.3) is 0 Å². The molecular formula is C20H17ClN4O3. The second-order valence-corrected chi connectivity index (χ2v) is 6.13. The number of anilines is 2. The highest BCUT2D eigenvalue weighted by Gasteiger charge is 2.15. The van der Waals surface area contributed by atoms with Gasteiger partial charge in [0.25, 0.3) is 5.91 Å². The minimum Gasteiger partial charge on any atom is -0.465 e. The van der Waals surface area contributed by atoms with E-state index in [1.54, 1.807) is 24.3 Å². The molecular weight excluding hydrogens is 380 g/mol. The van der Waals surface area contributed by atoms with Crippen molar-refractivity contribution in [2.75, 3.05) is 17.7 Å². The molecule has 0 atom stereocenters. The van der Waals surface area contributed by atoms with Crippen LogP contribution < -0.4 is 10.6 Å². The second-order valence-electron chi connectivity index (χ2n) is 5.72. The van der Waals surface area contributed by atoms with Gasteiger partial charge < -0.3 is 15.4 Å². The Morgan fingerprint density at radius 2 is 1.79 bits per heavy atom. The quantitative estimate of drug-likeness (QED) is 0.616. The van der Waals surface area contributed by atoms with Crippen LogP contribution in [0.15, 0.2) is 60.9 Å². The van der Waals surface area contributed by atoms with Crippen molar-refractivity contribution >= 4 is 35.0 Å². The number of methoxy groups -OCH3 is 1. The fourth-order valence-electron chi connectivity index (χ4n) is 2.43. The average molecular weight is 397 g/mol. The number of carbonyl (C=O) groups is 2. The molecule has 0 spiro atoms. The lowest BCUT2D eigenvalue weighted by molar-refractivity contribution is 0.0602. The first-order valence-electron chi connectivity index (χ1n) is 8.36. The number of carbonyl (C=O) groups excluding carboxylic acids is 2. The number of nitrogens with zero attached hydrogens (tertiary/aromatic N) is 2. The minimum atomic E-state index is -0.541. The van der Waals surface area contributed by atoms with Crippen molar-refractivity contribution in [1.82, 2.24) is 9.97 Å². The van der Waals surface area contributed by atoms with E-state index in [-0.39, 0.29) is 11.3 Å². The third-order valence-corrected chi connectivity index (χ3v) is 4.25. The maximum atomic E-state index is 12.4. The zero-order chi connectivity index (χ0) is 19.9. The van der Waals surface area contributed by atoms with Crippen LogP contribution in [0, 0.1) is 0 Å². The summed E-state index contributed by atoms with van der Waals surface area (Å²) in [6.45, 7) is 0.479. The first-order valence-corrected chi connectivity index (χ1v) is 8.74. The zero-order valence-electron chi connectivity index (χ0n) is 15.0. The summed E-state index contributed by atoms with van der Waals surface area (Å²) in [6, 6.07) is 14.0. The lowest BCUT2D eigenvalue weighted by Gasteiger charge is -2.10. The zero-order valence-corrected chi connectivity index (χ0v) is 15.7.